The van der Waals surface area contributed by atoms with E-state index in [-0.39, 0.29) is 24.5 Å². The largest absolute Gasteiger partial charge is 0.466 e. The predicted octanol–water partition coefficient (Wildman–Crippen LogP) is -0.0706. The molecule has 2 heterocycles. The highest BCUT2D eigenvalue weighted by molar-refractivity contribution is 7.86. The Hall–Kier alpha value is -0.700. The first kappa shape index (κ1) is 16.7. The lowest BCUT2D eigenvalue weighted by molar-refractivity contribution is -0.149. The highest BCUT2D eigenvalue weighted by Crippen LogP contribution is 2.27. The monoisotopic (exact) mass is 319 g/mol. The molecule has 122 valence electrons. The van der Waals surface area contributed by atoms with Crippen LogP contribution in [0.2, 0.25) is 0 Å². The van der Waals surface area contributed by atoms with Gasteiger partial charge in [-0.05, 0) is 32.6 Å². The van der Waals surface area contributed by atoms with E-state index in [1.807, 2.05) is 0 Å². The Morgan fingerprint density at radius 2 is 2.00 bits per heavy atom. The van der Waals surface area contributed by atoms with E-state index in [9.17, 15) is 13.2 Å². The molecule has 7 nitrogen and oxygen atoms in total. The summed E-state index contributed by atoms with van der Waals surface area (Å²) in [5, 5.41) is 0. The molecule has 2 aliphatic heterocycles. The van der Waals surface area contributed by atoms with Crippen LogP contribution >= 0.6 is 0 Å². The molecule has 0 radical (unpaired) electrons. The molecule has 0 bridgehead atoms. The van der Waals surface area contributed by atoms with Gasteiger partial charge in [0.1, 0.15) is 0 Å². The number of esters is 1. The van der Waals surface area contributed by atoms with Gasteiger partial charge in [-0.3, -0.25) is 4.79 Å². The van der Waals surface area contributed by atoms with Crippen LogP contribution in [0.1, 0.15) is 32.6 Å². The van der Waals surface area contributed by atoms with E-state index >= 15 is 0 Å². The van der Waals surface area contributed by atoms with Crippen molar-refractivity contribution >= 4 is 16.2 Å². The fourth-order valence-corrected chi connectivity index (χ4v) is 5.05. The van der Waals surface area contributed by atoms with Crippen molar-refractivity contribution in [3.8, 4) is 0 Å². The fraction of sp³-hybridized carbons (Fsp3) is 0.923. The lowest BCUT2D eigenvalue weighted by atomic mass is 10.0. The number of nitrogens with zero attached hydrogens (tertiary/aromatic N) is 2. The number of ether oxygens (including phenoxy) is 1. The number of piperidine rings is 1. The summed E-state index contributed by atoms with van der Waals surface area (Å²) in [4.78, 5) is 11.8. The number of hydrogen-bond donors (Lipinski definition) is 1. The minimum Gasteiger partial charge on any atom is -0.466 e. The Morgan fingerprint density at radius 3 is 2.67 bits per heavy atom. The number of nitrogens with two attached hydrogens (primary N) is 1. The van der Waals surface area contributed by atoms with Crippen LogP contribution in [0.15, 0.2) is 0 Å². The summed E-state index contributed by atoms with van der Waals surface area (Å²) >= 11 is 0. The van der Waals surface area contributed by atoms with E-state index in [0.717, 1.165) is 12.8 Å². The predicted molar refractivity (Wildman–Crippen MR) is 78.6 cm³/mol. The molecule has 2 atom stereocenters. The quantitative estimate of drug-likeness (QED) is 0.716. The van der Waals surface area contributed by atoms with Crippen LogP contribution in [0.3, 0.4) is 0 Å². The number of hydrogen-bond acceptors (Lipinski definition) is 5. The van der Waals surface area contributed by atoms with Crippen LogP contribution in [0.5, 0.6) is 0 Å². The second kappa shape index (κ2) is 7.04. The third-order valence-corrected chi connectivity index (χ3v) is 6.28. The van der Waals surface area contributed by atoms with E-state index in [2.05, 4.69) is 0 Å². The van der Waals surface area contributed by atoms with E-state index in [1.165, 1.54) is 8.61 Å². The van der Waals surface area contributed by atoms with Crippen LogP contribution in [0.4, 0.5) is 0 Å². The SMILES string of the molecule is CCOC(=O)C1CCCN(S(=O)(=O)N2CCCC2CN)C1. The zero-order valence-electron chi connectivity index (χ0n) is 12.5. The average molecular weight is 319 g/mol. The summed E-state index contributed by atoms with van der Waals surface area (Å²) in [6.07, 6.45) is 3.02. The van der Waals surface area contributed by atoms with Gasteiger partial charge in [0, 0.05) is 32.2 Å². The Kier molecular flexibility index (Phi) is 5.59. The molecule has 8 heteroatoms. The third kappa shape index (κ3) is 3.56. The van der Waals surface area contributed by atoms with Gasteiger partial charge in [-0.15, -0.1) is 0 Å². The lowest BCUT2D eigenvalue weighted by Gasteiger charge is -2.35. The van der Waals surface area contributed by atoms with Crippen LogP contribution in [0.25, 0.3) is 0 Å². The molecular formula is C13H25N3O4S. The highest BCUT2D eigenvalue weighted by atomic mass is 32.2. The number of rotatable bonds is 5. The Labute approximate surface area is 126 Å². The average Bonchev–Trinajstić information content (AvgIpc) is 2.97. The molecule has 0 amide bonds. The number of carbonyl (C=O) groups is 1. The summed E-state index contributed by atoms with van der Waals surface area (Å²) in [5.41, 5.74) is 5.67. The zero-order chi connectivity index (χ0) is 15.5. The molecule has 0 saturated carbocycles. The molecule has 2 unspecified atom stereocenters. The summed E-state index contributed by atoms with van der Waals surface area (Å²) in [6, 6.07) is -0.113. The Balaban J connectivity index is 2.07. The smallest absolute Gasteiger partial charge is 0.310 e. The van der Waals surface area contributed by atoms with Crippen molar-refractivity contribution < 1.29 is 17.9 Å². The van der Waals surface area contributed by atoms with Crippen LogP contribution in [-0.2, 0) is 19.7 Å². The van der Waals surface area contributed by atoms with Gasteiger partial charge >= 0.3 is 5.97 Å². The first-order valence-corrected chi connectivity index (χ1v) is 9.04. The summed E-state index contributed by atoms with van der Waals surface area (Å²) < 4.78 is 33.4. The first-order valence-electron chi connectivity index (χ1n) is 7.64. The molecule has 21 heavy (non-hydrogen) atoms. The van der Waals surface area contributed by atoms with Crippen LogP contribution < -0.4 is 5.73 Å². The van der Waals surface area contributed by atoms with Crippen molar-refractivity contribution in [1.82, 2.24) is 8.61 Å². The Bertz CT molecular complexity index is 468. The van der Waals surface area contributed by atoms with Crippen LogP contribution in [0, 0.1) is 5.92 Å². The van der Waals surface area contributed by atoms with Gasteiger partial charge in [-0.2, -0.15) is 17.0 Å². The van der Waals surface area contributed by atoms with Crippen molar-refractivity contribution in [1.29, 1.82) is 0 Å². The van der Waals surface area contributed by atoms with Gasteiger partial charge in [-0.1, -0.05) is 0 Å². The van der Waals surface area contributed by atoms with Gasteiger partial charge in [0.2, 0.25) is 0 Å². The minimum absolute atomic E-state index is 0.113. The maximum Gasteiger partial charge on any atom is 0.310 e. The lowest BCUT2D eigenvalue weighted by Crippen LogP contribution is -2.51. The molecule has 0 spiro atoms. The summed E-state index contributed by atoms with van der Waals surface area (Å²) in [7, 11) is -3.53. The van der Waals surface area contributed by atoms with Gasteiger partial charge < -0.3 is 10.5 Å². The van der Waals surface area contributed by atoms with Gasteiger partial charge in [0.15, 0.2) is 0 Å². The summed E-state index contributed by atoms with van der Waals surface area (Å²) in [6.45, 7) is 3.62. The van der Waals surface area contributed by atoms with Crippen molar-refractivity contribution in [2.75, 3.05) is 32.8 Å². The molecule has 0 aliphatic carbocycles. The van der Waals surface area contributed by atoms with E-state index in [0.29, 0.717) is 39.1 Å². The molecule has 0 aromatic rings. The maximum absolute atomic E-state index is 12.7. The molecule has 2 saturated heterocycles. The third-order valence-electron chi connectivity index (χ3n) is 4.22. The highest BCUT2D eigenvalue weighted by Gasteiger charge is 2.40. The second-order valence-corrected chi connectivity index (χ2v) is 7.48. The molecule has 2 aliphatic rings. The van der Waals surface area contributed by atoms with Crippen molar-refractivity contribution in [3.05, 3.63) is 0 Å². The first-order chi connectivity index (χ1) is 10.0. The molecule has 0 aromatic carbocycles. The second-order valence-electron chi connectivity index (χ2n) is 5.60. The fourth-order valence-electron chi connectivity index (χ4n) is 3.10. The normalized spacial score (nSPS) is 28.7. The van der Waals surface area contributed by atoms with Crippen molar-refractivity contribution in [3.63, 3.8) is 0 Å². The molecule has 2 fully saturated rings. The summed E-state index contributed by atoms with van der Waals surface area (Å²) in [5.74, 6) is -0.651. The van der Waals surface area contributed by atoms with E-state index in [4.69, 9.17) is 10.5 Å². The van der Waals surface area contributed by atoms with Gasteiger partial charge in [0.25, 0.3) is 10.2 Å². The molecule has 2 rings (SSSR count). The topological polar surface area (TPSA) is 92.9 Å². The zero-order valence-corrected chi connectivity index (χ0v) is 13.3. The van der Waals surface area contributed by atoms with Crippen molar-refractivity contribution in [2.45, 2.75) is 38.6 Å². The molecular weight excluding hydrogens is 294 g/mol. The maximum atomic E-state index is 12.7. The van der Waals surface area contributed by atoms with Gasteiger partial charge in [0.05, 0.1) is 12.5 Å². The van der Waals surface area contributed by atoms with E-state index < -0.39 is 10.2 Å². The van der Waals surface area contributed by atoms with E-state index in [1.54, 1.807) is 6.92 Å². The minimum atomic E-state index is -3.53. The standard InChI is InChI=1S/C13H25N3O4S/c1-2-20-13(17)11-5-3-7-15(10-11)21(18,19)16-8-4-6-12(16)9-14/h11-12H,2-10,14H2,1H3. The number of carbonyl (C=O) groups excluding carboxylic acids is 1. The van der Waals surface area contributed by atoms with Crippen LogP contribution in [-0.4, -0.2) is 61.8 Å². The molecule has 0 aromatic heterocycles. The Morgan fingerprint density at radius 1 is 1.29 bits per heavy atom. The van der Waals surface area contributed by atoms with Crippen molar-refractivity contribution in [2.24, 2.45) is 11.7 Å². The molecule has 2 N–H and O–H groups in total. The van der Waals surface area contributed by atoms with Gasteiger partial charge in [-0.25, -0.2) is 0 Å².